The maximum atomic E-state index is 9.60. The van der Waals surface area contributed by atoms with Crippen LogP contribution in [0.2, 0.25) is 0 Å². The van der Waals surface area contributed by atoms with E-state index < -0.39 is 0 Å². The van der Waals surface area contributed by atoms with Crippen LogP contribution in [0.15, 0.2) is 30.3 Å². The van der Waals surface area contributed by atoms with E-state index in [4.69, 9.17) is 5.73 Å². The minimum atomic E-state index is -0.268. The average molecular weight is 207 g/mol. The Morgan fingerprint density at radius 3 is 2.27 bits per heavy atom. The highest BCUT2D eigenvalue weighted by atomic mass is 16.3. The van der Waals surface area contributed by atoms with E-state index in [0.29, 0.717) is 12.5 Å². The van der Waals surface area contributed by atoms with Crippen molar-refractivity contribution in [3.63, 3.8) is 0 Å². The number of aliphatic hydroxyl groups excluding tert-OH is 1. The molecular formula is C13H21NO. The Balaban J connectivity index is 3.00. The monoisotopic (exact) mass is 207 g/mol. The molecule has 0 amide bonds. The molecule has 0 bridgehead atoms. The van der Waals surface area contributed by atoms with Crippen LogP contribution in [0.25, 0.3) is 0 Å². The number of nitrogens with two attached hydrogens (primary N) is 1. The van der Waals surface area contributed by atoms with Gasteiger partial charge in [-0.15, -0.1) is 0 Å². The lowest BCUT2D eigenvalue weighted by atomic mass is 9.75. The fourth-order valence-electron chi connectivity index (χ4n) is 2.11. The quantitative estimate of drug-likeness (QED) is 0.775. The third-order valence-corrected chi connectivity index (χ3v) is 2.88. The Bertz CT molecular complexity index is 278. The molecule has 0 spiro atoms. The molecule has 1 unspecified atom stereocenters. The second kappa shape index (κ2) is 5.29. The van der Waals surface area contributed by atoms with Crippen molar-refractivity contribution in [2.45, 2.75) is 25.7 Å². The second-order valence-corrected chi connectivity index (χ2v) is 4.61. The number of benzene rings is 1. The smallest absolute Gasteiger partial charge is 0.0540 e. The SMILES string of the molecule is CC(C)CC(CN)(CO)c1ccccc1. The molecule has 15 heavy (non-hydrogen) atoms. The van der Waals surface area contributed by atoms with Gasteiger partial charge in [0.15, 0.2) is 0 Å². The summed E-state index contributed by atoms with van der Waals surface area (Å²) in [5, 5.41) is 9.60. The number of aliphatic hydroxyl groups is 1. The molecule has 0 aliphatic heterocycles. The summed E-state index contributed by atoms with van der Waals surface area (Å²) in [4.78, 5) is 0. The molecule has 1 aromatic rings. The van der Waals surface area contributed by atoms with Crippen molar-refractivity contribution >= 4 is 0 Å². The molecule has 3 N–H and O–H groups in total. The van der Waals surface area contributed by atoms with E-state index in [2.05, 4.69) is 13.8 Å². The van der Waals surface area contributed by atoms with Crippen LogP contribution < -0.4 is 5.73 Å². The molecule has 0 heterocycles. The number of rotatable bonds is 5. The summed E-state index contributed by atoms with van der Waals surface area (Å²) < 4.78 is 0. The fourth-order valence-corrected chi connectivity index (χ4v) is 2.11. The van der Waals surface area contributed by atoms with Gasteiger partial charge in [-0.25, -0.2) is 0 Å². The third-order valence-electron chi connectivity index (χ3n) is 2.88. The van der Waals surface area contributed by atoms with Crippen LogP contribution >= 0.6 is 0 Å². The van der Waals surface area contributed by atoms with Crippen molar-refractivity contribution in [2.24, 2.45) is 11.7 Å². The highest BCUT2D eigenvalue weighted by Crippen LogP contribution is 2.29. The molecule has 0 aliphatic rings. The van der Waals surface area contributed by atoms with Gasteiger partial charge in [0.1, 0.15) is 0 Å². The van der Waals surface area contributed by atoms with Crippen LogP contribution in [0.5, 0.6) is 0 Å². The Morgan fingerprint density at radius 2 is 1.87 bits per heavy atom. The summed E-state index contributed by atoms with van der Waals surface area (Å²) in [5.74, 6) is 0.529. The molecular weight excluding hydrogens is 186 g/mol. The molecule has 2 heteroatoms. The van der Waals surface area contributed by atoms with E-state index in [1.54, 1.807) is 0 Å². The first kappa shape index (κ1) is 12.2. The number of hydrogen-bond acceptors (Lipinski definition) is 2. The van der Waals surface area contributed by atoms with Gasteiger partial charge in [-0.2, -0.15) is 0 Å². The lowest BCUT2D eigenvalue weighted by molar-refractivity contribution is 0.174. The van der Waals surface area contributed by atoms with Crippen LogP contribution in [0, 0.1) is 5.92 Å². The van der Waals surface area contributed by atoms with E-state index in [0.717, 1.165) is 12.0 Å². The molecule has 0 aromatic heterocycles. The summed E-state index contributed by atoms with van der Waals surface area (Å²) in [5.41, 5.74) is 6.71. The molecule has 2 nitrogen and oxygen atoms in total. The van der Waals surface area contributed by atoms with Gasteiger partial charge in [0, 0.05) is 12.0 Å². The molecule has 1 aromatic carbocycles. The average Bonchev–Trinajstić information content (AvgIpc) is 2.27. The zero-order chi connectivity index (χ0) is 11.3. The summed E-state index contributed by atoms with van der Waals surface area (Å²) in [6, 6.07) is 10.1. The minimum absolute atomic E-state index is 0.117. The van der Waals surface area contributed by atoms with Gasteiger partial charge in [-0.05, 0) is 17.9 Å². The van der Waals surface area contributed by atoms with Gasteiger partial charge in [0.2, 0.25) is 0 Å². The van der Waals surface area contributed by atoms with E-state index in [1.165, 1.54) is 0 Å². The maximum Gasteiger partial charge on any atom is 0.0540 e. The van der Waals surface area contributed by atoms with Crippen molar-refractivity contribution in [1.29, 1.82) is 0 Å². The summed E-state index contributed by atoms with van der Waals surface area (Å²) in [6.45, 7) is 4.92. The van der Waals surface area contributed by atoms with Gasteiger partial charge in [-0.1, -0.05) is 44.2 Å². The van der Waals surface area contributed by atoms with Gasteiger partial charge < -0.3 is 10.8 Å². The highest BCUT2D eigenvalue weighted by molar-refractivity contribution is 5.26. The first-order valence-electron chi connectivity index (χ1n) is 5.51. The van der Waals surface area contributed by atoms with Gasteiger partial charge in [0.05, 0.1) is 6.61 Å². The Labute approximate surface area is 92.1 Å². The van der Waals surface area contributed by atoms with Crippen LogP contribution in [0.1, 0.15) is 25.8 Å². The van der Waals surface area contributed by atoms with Crippen molar-refractivity contribution in [1.82, 2.24) is 0 Å². The first-order valence-corrected chi connectivity index (χ1v) is 5.51. The molecule has 84 valence electrons. The second-order valence-electron chi connectivity index (χ2n) is 4.61. The molecule has 0 radical (unpaired) electrons. The van der Waals surface area contributed by atoms with Crippen LogP contribution in [-0.2, 0) is 5.41 Å². The largest absolute Gasteiger partial charge is 0.395 e. The fraction of sp³-hybridized carbons (Fsp3) is 0.538. The predicted octanol–water partition coefficient (Wildman–Crippen LogP) is 1.92. The Hall–Kier alpha value is -0.860. The third kappa shape index (κ3) is 2.80. The lowest BCUT2D eigenvalue weighted by Gasteiger charge is -2.32. The van der Waals surface area contributed by atoms with Crippen LogP contribution in [-0.4, -0.2) is 18.3 Å². The first-order chi connectivity index (χ1) is 7.14. The van der Waals surface area contributed by atoms with E-state index in [1.807, 2.05) is 30.3 Å². The van der Waals surface area contributed by atoms with Gasteiger partial charge >= 0.3 is 0 Å². The van der Waals surface area contributed by atoms with Crippen molar-refractivity contribution in [2.75, 3.05) is 13.2 Å². The summed E-state index contributed by atoms with van der Waals surface area (Å²) in [6.07, 6.45) is 0.921. The van der Waals surface area contributed by atoms with Crippen molar-refractivity contribution in [3.8, 4) is 0 Å². The standard InChI is InChI=1S/C13H21NO/c1-11(2)8-13(9-14,10-15)12-6-4-3-5-7-12/h3-7,11,15H,8-10,14H2,1-2H3. The number of hydrogen-bond donors (Lipinski definition) is 2. The van der Waals surface area contributed by atoms with Crippen LogP contribution in [0.3, 0.4) is 0 Å². The molecule has 0 aliphatic carbocycles. The molecule has 1 rings (SSSR count). The van der Waals surface area contributed by atoms with Crippen molar-refractivity contribution in [3.05, 3.63) is 35.9 Å². The highest BCUT2D eigenvalue weighted by Gasteiger charge is 2.30. The molecule has 1 atom stereocenters. The Kier molecular flexibility index (Phi) is 4.30. The zero-order valence-corrected chi connectivity index (χ0v) is 9.61. The topological polar surface area (TPSA) is 46.2 Å². The minimum Gasteiger partial charge on any atom is -0.395 e. The van der Waals surface area contributed by atoms with Crippen LogP contribution in [0.4, 0.5) is 0 Å². The van der Waals surface area contributed by atoms with E-state index in [-0.39, 0.29) is 12.0 Å². The lowest BCUT2D eigenvalue weighted by Crippen LogP contribution is -2.40. The summed E-state index contributed by atoms with van der Waals surface area (Å²) >= 11 is 0. The van der Waals surface area contributed by atoms with E-state index >= 15 is 0 Å². The Morgan fingerprint density at radius 1 is 1.27 bits per heavy atom. The molecule has 0 saturated heterocycles. The normalized spacial score (nSPS) is 15.3. The summed E-state index contributed by atoms with van der Waals surface area (Å²) in [7, 11) is 0. The maximum absolute atomic E-state index is 9.60. The van der Waals surface area contributed by atoms with Gasteiger partial charge in [0.25, 0.3) is 0 Å². The molecule has 0 fully saturated rings. The van der Waals surface area contributed by atoms with E-state index in [9.17, 15) is 5.11 Å². The molecule has 0 saturated carbocycles. The van der Waals surface area contributed by atoms with Gasteiger partial charge in [-0.3, -0.25) is 0 Å². The predicted molar refractivity (Wildman–Crippen MR) is 63.7 cm³/mol. The van der Waals surface area contributed by atoms with Crippen molar-refractivity contribution < 1.29 is 5.11 Å². The zero-order valence-electron chi connectivity index (χ0n) is 9.61.